The van der Waals surface area contributed by atoms with Gasteiger partial charge in [-0.25, -0.2) is 9.79 Å². The molecule has 0 saturated heterocycles. The van der Waals surface area contributed by atoms with Crippen LogP contribution in [0.2, 0.25) is 0 Å². The molecular weight excluding hydrogens is 602 g/mol. The molecule has 0 saturated carbocycles. The summed E-state index contributed by atoms with van der Waals surface area (Å²) in [6.07, 6.45) is 1.29. The van der Waals surface area contributed by atoms with E-state index in [2.05, 4.69) is 20.9 Å². The Labute approximate surface area is 242 Å². The molecule has 40 heavy (non-hydrogen) atoms. The summed E-state index contributed by atoms with van der Waals surface area (Å²) in [6.45, 7) is 9.52. The average molecular weight is 631 g/mol. The van der Waals surface area contributed by atoms with Crippen molar-refractivity contribution in [3.05, 3.63) is 93.1 Å². The van der Waals surface area contributed by atoms with Crippen LogP contribution in [-0.2, 0) is 9.53 Å². The lowest BCUT2D eigenvalue weighted by molar-refractivity contribution is -0.386. The molecule has 0 aliphatic carbocycles. The molecule has 1 aliphatic heterocycles. The standard InChI is InChI=1S/C28H28BrN3O7S/c1-6-37-19-10-8-18(9-11-19)24-23(27(34)38-7-2)16(5)30-28-31(24)26(33)22(40-28)14-17-12-20(29)25(39-15(3)4)21(13-17)32(35)36/h8-15,24H,6-7H2,1-5H3/b22-14-/t24-/m1/s1. The Morgan fingerprint density at radius 2 is 1.93 bits per heavy atom. The van der Waals surface area contributed by atoms with Gasteiger partial charge in [-0.2, -0.15) is 0 Å². The molecule has 3 aromatic rings. The third-order valence-electron chi connectivity index (χ3n) is 5.92. The average Bonchev–Trinajstić information content (AvgIpc) is 3.19. The number of esters is 1. The van der Waals surface area contributed by atoms with E-state index in [1.165, 1.54) is 10.6 Å². The van der Waals surface area contributed by atoms with Crippen LogP contribution < -0.4 is 24.4 Å². The number of fused-ring (bicyclic) bond motifs is 1. The predicted molar refractivity (Wildman–Crippen MR) is 155 cm³/mol. The molecule has 0 bridgehead atoms. The fourth-order valence-corrected chi connectivity index (χ4v) is 5.95. The quantitative estimate of drug-likeness (QED) is 0.192. The van der Waals surface area contributed by atoms with Gasteiger partial charge in [-0.1, -0.05) is 23.5 Å². The molecule has 0 fully saturated rings. The number of aromatic nitrogens is 1. The lowest BCUT2D eigenvalue weighted by Crippen LogP contribution is -2.39. The summed E-state index contributed by atoms with van der Waals surface area (Å²) in [6, 6.07) is 9.41. The molecule has 12 heteroatoms. The highest BCUT2D eigenvalue weighted by Gasteiger charge is 2.33. The van der Waals surface area contributed by atoms with Crippen LogP contribution in [0, 0.1) is 10.1 Å². The first-order valence-electron chi connectivity index (χ1n) is 12.6. The van der Waals surface area contributed by atoms with Crippen molar-refractivity contribution in [2.24, 2.45) is 4.99 Å². The van der Waals surface area contributed by atoms with Gasteiger partial charge in [-0.15, -0.1) is 0 Å². The molecule has 0 N–H and O–H groups in total. The van der Waals surface area contributed by atoms with Crippen LogP contribution >= 0.6 is 27.3 Å². The van der Waals surface area contributed by atoms with Gasteiger partial charge < -0.3 is 14.2 Å². The van der Waals surface area contributed by atoms with Crippen molar-refractivity contribution in [3.8, 4) is 11.5 Å². The maximum Gasteiger partial charge on any atom is 0.338 e. The number of allylic oxidation sites excluding steroid dienone is 1. The fraction of sp³-hybridized carbons (Fsp3) is 0.321. The van der Waals surface area contributed by atoms with E-state index in [1.807, 2.05) is 6.92 Å². The van der Waals surface area contributed by atoms with Crippen molar-refractivity contribution in [1.29, 1.82) is 0 Å². The van der Waals surface area contributed by atoms with Gasteiger partial charge in [-0.3, -0.25) is 19.5 Å². The second kappa shape index (κ2) is 12.2. The zero-order valence-electron chi connectivity index (χ0n) is 22.6. The second-order valence-corrected chi connectivity index (χ2v) is 10.9. The number of nitrogens with zero attached hydrogens (tertiary/aromatic N) is 3. The number of thiazole rings is 1. The molecule has 0 spiro atoms. The Morgan fingerprint density at radius 3 is 2.52 bits per heavy atom. The van der Waals surface area contributed by atoms with Crippen molar-refractivity contribution < 1.29 is 23.9 Å². The largest absolute Gasteiger partial charge is 0.494 e. The van der Waals surface area contributed by atoms with Crippen molar-refractivity contribution in [2.45, 2.75) is 46.8 Å². The van der Waals surface area contributed by atoms with Crippen molar-refractivity contribution in [3.63, 3.8) is 0 Å². The van der Waals surface area contributed by atoms with Gasteiger partial charge in [-0.05, 0) is 86.0 Å². The number of hydrogen-bond acceptors (Lipinski definition) is 9. The molecule has 1 aliphatic rings. The number of rotatable bonds is 9. The van der Waals surface area contributed by atoms with E-state index in [1.54, 1.807) is 64.1 Å². The van der Waals surface area contributed by atoms with Crippen LogP contribution in [0.5, 0.6) is 11.5 Å². The lowest BCUT2D eigenvalue weighted by Gasteiger charge is -2.24. The van der Waals surface area contributed by atoms with Crippen LogP contribution in [0.15, 0.2) is 61.9 Å². The van der Waals surface area contributed by atoms with Crippen molar-refractivity contribution in [1.82, 2.24) is 4.57 Å². The number of carbonyl (C=O) groups excluding carboxylic acids is 1. The molecule has 1 aromatic heterocycles. The van der Waals surface area contributed by atoms with Crippen LogP contribution in [-0.4, -0.2) is 34.8 Å². The number of nitro benzene ring substituents is 1. The van der Waals surface area contributed by atoms with E-state index in [-0.39, 0.29) is 29.7 Å². The van der Waals surface area contributed by atoms with Gasteiger partial charge in [0.1, 0.15) is 5.75 Å². The first-order chi connectivity index (χ1) is 19.0. The van der Waals surface area contributed by atoms with E-state index in [0.717, 1.165) is 11.3 Å². The predicted octanol–water partition coefficient (Wildman–Crippen LogP) is 4.65. The highest BCUT2D eigenvalue weighted by molar-refractivity contribution is 9.10. The van der Waals surface area contributed by atoms with Gasteiger partial charge in [0, 0.05) is 6.07 Å². The minimum absolute atomic E-state index is 0.115. The molecule has 210 valence electrons. The minimum atomic E-state index is -0.781. The topological polar surface area (TPSA) is 122 Å². The third kappa shape index (κ3) is 5.87. The number of halogens is 1. The SMILES string of the molecule is CCOC(=O)C1=C(C)N=c2s/c(=C\c3cc(Br)c(OC(C)C)c([N+](=O)[O-])c3)c(=O)n2[C@@H]1c1ccc(OCC)cc1. The Kier molecular flexibility index (Phi) is 8.89. The van der Waals surface area contributed by atoms with E-state index in [0.29, 0.717) is 43.0 Å². The van der Waals surface area contributed by atoms with E-state index < -0.39 is 22.5 Å². The number of nitro groups is 1. The Hall–Kier alpha value is -3.77. The van der Waals surface area contributed by atoms with Crippen LogP contribution in [0.3, 0.4) is 0 Å². The zero-order valence-corrected chi connectivity index (χ0v) is 25.0. The van der Waals surface area contributed by atoms with Crippen LogP contribution in [0.4, 0.5) is 5.69 Å². The maximum absolute atomic E-state index is 13.8. The molecule has 4 rings (SSSR count). The summed E-state index contributed by atoms with van der Waals surface area (Å²) in [5.41, 5.74) is 1.20. The lowest BCUT2D eigenvalue weighted by atomic mass is 9.96. The van der Waals surface area contributed by atoms with Gasteiger partial charge in [0.15, 0.2) is 4.80 Å². The molecule has 2 heterocycles. The number of hydrogen-bond donors (Lipinski definition) is 0. The fourth-order valence-electron chi connectivity index (χ4n) is 4.34. The van der Waals surface area contributed by atoms with Crippen LogP contribution in [0.25, 0.3) is 6.08 Å². The van der Waals surface area contributed by atoms with Gasteiger partial charge >= 0.3 is 11.7 Å². The first-order valence-corrected chi connectivity index (χ1v) is 14.2. The summed E-state index contributed by atoms with van der Waals surface area (Å²) in [5, 5.41) is 11.8. The zero-order chi connectivity index (χ0) is 29.1. The summed E-state index contributed by atoms with van der Waals surface area (Å²) < 4.78 is 18.7. The molecule has 1 atom stereocenters. The van der Waals surface area contributed by atoms with E-state index >= 15 is 0 Å². The first kappa shape index (κ1) is 29.2. The molecule has 0 radical (unpaired) electrons. The van der Waals surface area contributed by atoms with Crippen molar-refractivity contribution >= 4 is 45.0 Å². The maximum atomic E-state index is 13.8. The smallest absolute Gasteiger partial charge is 0.338 e. The Balaban J connectivity index is 1.91. The minimum Gasteiger partial charge on any atom is -0.494 e. The molecule has 0 amide bonds. The van der Waals surface area contributed by atoms with Gasteiger partial charge in [0.05, 0.1) is 50.6 Å². The van der Waals surface area contributed by atoms with E-state index in [9.17, 15) is 19.7 Å². The van der Waals surface area contributed by atoms with Gasteiger partial charge in [0.2, 0.25) is 5.75 Å². The highest BCUT2D eigenvalue weighted by atomic mass is 79.9. The monoisotopic (exact) mass is 629 g/mol. The third-order valence-corrected chi connectivity index (χ3v) is 7.49. The number of ether oxygens (including phenoxy) is 3. The van der Waals surface area contributed by atoms with Gasteiger partial charge in [0.25, 0.3) is 5.56 Å². The summed E-state index contributed by atoms with van der Waals surface area (Å²) >= 11 is 4.50. The summed E-state index contributed by atoms with van der Waals surface area (Å²) in [4.78, 5) is 43.1. The molecule has 2 aromatic carbocycles. The normalized spacial score (nSPS) is 15.1. The molecular formula is C28H28BrN3O7S. The number of carbonyl (C=O) groups is 1. The summed E-state index contributed by atoms with van der Waals surface area (Å²) in [5.74, 6) is 0.218. The van der Waals surface area contributed by atoms with Crippen LogP contribution in [0.1, 0.15) is 51.8 Å². The molecule has 0 unspecified atom stereocenters. The highest BCUT2D eigenvalue weighted by Crippen LogP contribution is 2.37. The summed E-state index contributed by atoms with van der Waals surface area (Å²) in [7, 11) is 0. The Morgan fingerprint density at radius 1 is 1.23 bits per heavy atom. The number of benzene rings is 2. The Bertz CT molecular complexity index is 1670. The molecule has 10 nitrogen and oxygen atoms in total. The van der Waals surface area contributed by atoms with Crippen molar-refractivity contribution in [2.75, 3.05) is 13.2 Å². The second-order valence-electron chi connectivity index (χ2n) is 9.08. The van der Waals surface area contributed by atoms with E-state index in [4.69, 9.17) is 14.2 Å².